The fourth-order valence-corrected chi connectivity index (χ4v) is 3.55. The number of halogens is 2. The fourth-order valence-electron chi connectivity index (χ4n) is 3.25. The number of nitrogens with zero attached hydrogens (tertiary/aromatic N) is 2. The van der Waals surface area contributed by atoms with Crippen LogP contribution >= 0.6 is 23.2 Å². The molecule has 2 N–H and O–H groups in total. The minimum absolute atomic E-state index is 0.0710. The first-order valence-electron chi connectivity index (χ1n) is 9.49. The van der Waals surface area contributed by atoms with E-state index in [1.807, 2.05) is 24.3 Å². The minimum Gasteiger partial charge on any atom is -0.372 e. The normalized spacial score (nSPS) is 13.6. The predicted octanol–water partition coefficient (Wildman–Crippen LogP) is 4.10. The predicted molar refractivity (Wildman–Crippen MR) is 119 cm³/mol. The van der Waals surface area contributed by atoms with Crippen LogP contribution in [-0.2, 0) is 9.59 Å². The van der Waals surface area contributed by atoms with Gasteiger partial charge in [-0.15, -0.1) is 0 Å². The summed E-state index contributed by atoms with van der Waals surface area (Å²) < 4.78 is 0. The van der Waals surface area contributed by atoms with Crippen LogP contribution in [0.15, 0.2) is 42.5 Å². The van der Waals surface area contributed by atoms with Crippen molar-refractivity contribution in [2.24, 2.45) is 0 Å². The Kier molecular flexibility index (Phi) is 7.36. The number of benzene rings is 2. The van der Waals surface area contributed by atoms with Crippen molar-refractivity contribution in [1.29, 1.82) is 0 Å². The Morgan fingerprint density at radius 3 is 2.03 bits per heavy atom. The third-order valence-electron chi connectivity index (χ3n) is 4.65. The molecule has 2 aromatic rings. The zero-order valence-corrected chi connectivity index (χ0v) is 17.8. The van der Waals surface area contributed by atoms with Crippen molar-refractivity contribution in [1.82, 2.24) is 4.90 Å². The van der Waals surface area contributed by atoms with Gasteiger partial charge < -0.3 is 15.5 Å². The molecule has 1 fully saturated rings. The molecule has 0 radical (unpaired) electrons. The van der Waals surface area contributed by atoms with E-state index < -0.39 is 0 Å². The summed E-state index contributed by atoms with van der Waals surface area (Å²) in [6.45, 7) is 2.34. The summed E-state index contributed by atoms with van der Waals surface area (Å²) >= 11 is 11.8. The molecule has 1 aliphatic rings. The number of carbonyl (C=O) groups is 2. The van der Waals surface area contributed by atoms with E-state index in [4.69, 9.17) is 23.2 Å². The van der Waals surface area contributed by atoms with Crippen LogP contribution in [0.25, 0.3) is 0 Å². The first-order chi connectivity index (χ1) is 13.9. The largest absolute Gasteiger partial charge is 0.372 e. The van der Waals surface area contributed by atoms with Crippen LogP contribution in [-0.4, -0.2) is 49.9 Å². The molecule has 0 aromatic heterocycles. The van der Waals surface area contributed by atoms with Crippen LogP contribution in [0.3, 0.4) is 0 Å². The number of nitrogens with one attached hydrogen (secondary N) is 2. The molecule has 0 atom stereocenters. The van der Waals surface area contributed by atoms with Crippen molar-refractivity contribution in [2.75, 3.05) is 48.8 Å². The van der Waals surface area contributed by atoms with Crippen molar-refractivity contribution >= 4 is 52.1 Å². The first kappa shape index (κ1) is 21.4. The van der Waals surface area contributed by atoms with Crippen LogP contribution in [0.2, 0.25) is 10.0 Å². The van der Waals surface area contributed by atoms with Crippen molar-refractivity contribution in [2.45, 2.75) is 12.8 Å². The third-order valence-corrected chi connectivity index (χ3v) is 5.39. The van der Waals surface area contributed by atoms with Crippen LogP contribution < -0.4 is 15.5 Å². The molecule has 0 spiro atoms. The van der Waals surface area contributed by atoms with Gasteiger partial charge in [-0.1, -0.05) is 23.2 Å². The fraction of sp³-hybridized carbons (Fsp3) is 0.333. The minimum atomic E-state index is -0.242. The van der Waals surface area contributed by atoms with Gasteiger partial charge in [-0.05, 0) is 62.4 Å². The molecule has 1 heterocycles. The summed E-state index contributed by atoms with van der Waals surface area (Å²) in [4.78, 5) is 28.4. The Labute approximate surface area is 180 Å². The lowest BCUT2D eigenvalue weighted by atomic mass is 10.2. The summed E-state index contributed by atoms with van der Waals surface area (Å²) in [5.74, 6) is -0.419. The van der Waals surface area contributed by atoms with Gasteiger partial charge in [0.1, 0.15) is 0 Å². The van der Waals surface area contributed by atoms with Crippen LogP contribution in [0.5, 0.6) is 0 Å². The molecule has 6 nitrogen and oxygen atoms in total. The third kappa shape index (κ3) is 6.35. The molecular formula is C21H24Cl2N4O2. The van der Waals surface area contributed by atoms with E-state index in [0.29, 0.717) is 15.7 Å². The van der Waals surface area contributed by atoms with Gasteiger partial charge in [-0.2, -0.15) is 0 Å². The van der Waals surface area contributed by atoms with E-state index in [1.165, 1.54) is 18.5 Å². The quantitative estimate of drug-likeness (QED) is 0.688. The number of likely N-dealkylation sites (N-methyl/N-ethyl adjacent to an activating group) is 1. The second-order valence-corrected chi connectivity index (χ2v) is 7.95. The average molecular weight is 435 g/mol. The Morgan fingerprint density at radius 2 is 1.45 bits per heavy atom. The molecule has 1 saturated heterocycles. The molecule has 2 amide bonds. The molecule has 29 heavy (non-hydrogen) atoms. The smallest absolute Gasteiger partial charge is 0.238 e. The summed E-state index contributed by atoms with van der Waals surface area (Å²) in [5.41, 5.74) is 2.48. The average Bonchev–Trinajstić information content (AvgIpc) is 3.19. The van der Waals surface area contributed by atoms with Gasteiger partial charge in [0.25, 0.3) is 0 Å². The molecule has 2 aromatic carbocycles. The monoisotopic (exact) mass is 434 g/mol. The lowest BCUT2D eigenvalue weighted by Crippen LogP contribution is -2.36. The summed E-state index contributed by atoms with van der Waals surface area (Å²) in [6.07, 6.45) is 2.45. The standard InChI is InChI=1S/C21H24Cl2N4O2/c1-26(14-21(29)25-16-6-9-18(22)19(23)12-16)13-20(28)24-15-4-7-17(8-5-15)27-10-2-3-11-27/h4-9,12H,2-3,10-11,13-14H2,1H3,(H,24,28)(H,25,29). The number of rotatable bonds is 7. The van der Waals surface area contributed by atoms with E-state index in [2.05, 4.69) is 15.5 Å². The van der Waals surface area contributed by atoms with Gasteiger partial charge in [0.15, 0.2) is 0 Å². The number of anilines is 3. The van der Waals surface area contributed by atoms with Crippen LogP contribution in [0.4, 0.5) is 17.1 Å². The lowest BCUT2D eigenvalue weighted by molar-refractivity contribution is -0.119. The lowest BCUT2D eigenvalue weighted by Gasteiger charge is -2.18. The molecule has 3 rings (SSSR count). The number of hydrogen-bond acceptors (Lipinski definition) is 4. The van der Waals surface area contributed by atoms with Crippen molar-refractivity contribution in [3.05, 3.63) is 52.5 Å². The second-order valence-electron chi connectivity index (χ2n) is 7.14. The van der Waals surface area contributed by atoms with Gasteiger partial charge in [0.05, 0.1) is 23.1 Å². The van der Waals surface area contributed by atoms with E-state index in [1.54, 1.807) is 30.1 Å². The zero-order valence-electron chi connectivity index (χ0n) is 16.3. The van der Waals surface area contributed by atoms with Crippen molar-refractivity contribution < 1.29 is 9.59 Å². The van der Waals surface area contributed by atoms with Gasteiger partial charge in [-0.25, -0.2) is 0 Å². The van der Waals surface area contributed by atoms with Crippen LogP contribution in [0, 0.1) is 0 Å². The highest BCUT2D eigenvalue weighted by Crippen LogP contribution is 2.25. The maximum atomic E-state index is 12.3. The van der Waals surface area contributed by atoms with Gasteiger partial charge >= 0.3 is 0 Å². The molecule has 0 saturated carbocycles. The second kappa shape index (κ2) is 9.96. The number of hydrogen-bond donors (Lipinski definition) is 2. The Bertz CT molecular complexity index is 867. The highest BCUT2D eigenvalue weighted by molar-refractivity contribution is 6.42. The molecule has 8 heteroatoms. The molecule has 0 unspecified atom stereocenters. The number of carbonyl (C=O) groups excluding carboxylic acids is 2. The molecular weight excluding hydrogens is 411 g/mol. The van der Waals surface area contributed by atoms with Gasteiger partial charge in [-0.3, -0.25) is 14.5 Å². The SMILES string of the molecule is CN(CC(=O)Nc1ccc(N2CCCC2)cc1)CC(=O)Nc1ccc(Cl)c(Cl)c1. The number of amides is 2. The molecule has 1 aliphatic heterocycles. The highest BCUT2D eigenvalue weighted by Gasteiger charge is 2.14. The van der Waals surface area contributed by atoms with Crippen LogP contribution in [0.1, 0.15) is 12.8 Å². The van der Waals surface area contributed by atoms with E-state index in [9.17, 15) is 9.59 Å². The first-order valence-corrected chi connectivity index (χ1v) is 10.2. The van der Waals surface area contributed by atoms with E-state index >= 15 is 0 Å². The van der Waals surface area contributed by atoms with Crippen molar-refractivity contribution in [3.63, 3.8) is 0 Å². The Hall–Kier alpha value is -2.28. The Morgan fingerprint density at radius 1 is 0.897 bits per heavy atom. The van der Waals surface area contributed by atoms with E-state index in [0.717, 1.165) is 18.8 Å². The maximum Gasteiger partial charge on any atom is 0.238 e. The summed E-state index contributed by atoms with van der Waals surface area (Å²) in [6, 6.07) is 12.7. The van der Waals surface area contributed by atoms with Gasteiger partial charge in [0, 0.05) is 30.2 Å². The van der Waals surface area contributed by atoms with Crippen molar-refractivity contribution in [3.8, 4) is 0 Å². The summed E-state index contributed by atoms with van der Waals surface area (Å²) in [5, 5.41) is 6.39. The molecule has 0 aliphatic carbocycles. The topological polar surface area (TPSA) is 64.7 Å². The summed E-state index contributed by atoms with van der Waals surface area (Å²) in [7, 11) is 1.71. The zero-order chi connectivity index (χ0) is 20.8. The maximum absolute atomic E-state index is 12.3. The van der Waals surface area contributed by atoms with E-state index in [-0.39, 0.29) is 24.9 Å². The molecule has 154 valence electrons. The Balaban J connectivity index is 1.44. The van der Waals surface area contributed by atoms with Gasteiger partial charge in [0.2, 0.25) is 11.8 Å². The highest BCUT2D eigenvalue weighted by atomic mass is 35.5. The molecule has 0 bridgehead atoms.